The summed E-state index contributed by atoms with van der Waals surface area (Å²) in [4.78, 5) is 14.5. The summed E-state index contributed by atoms with van der Waals surface area (Å²) >= 11 is 6.38. The third-order valence-corrected chi connectivity index (χ3v) is 5.10. The molecule has 136 valence electrons. The summed E-state index contributed by atoms with van der Waals surface area (Å²) in [5.41, 5.74) is 4.31. The summed E-state index contributed by atoms with van der Waals surface area (Å²) in [5.74, 6) is 0.473. The molecular formula is C23H20ClNO2. The number of carbonyl (C=O) groups is 1. The number of para-hydroxylation sites is 1. The monoisotopic (exact) mass is 377 g/mol. The highest BCUT2D eigenvalue weighted by atomic mass is 35.5. The maximum absolute atomic E-state index is 12.7. The molecule has 0 unspecified atom stereocenters. The molecule has 0 spiro atoms. The standard InChI is InChI=1S/C23H20ClNO2/c24-20-15-19(17-7-2-1-3-8-17)12-13-22(20)27-16-23(26)25-14-6-10-18-9-4-5-11-21(18)25/h1-5,7-9,11-13,15H,6,10,14,16H2. The number of amides is 1. The zero-order valence-electron chi connectivity index (χ0n) is 14.9. The maximum Gasteiger partial charge on any atom is 0.264 e. The Bertz CT molecular complexity index is 956. The Labute approximate surface area is 164 Å². The lowest BCUT2D eigenvalue weighted by Gasteiger charge is -2.29. The van der Waals surface area contributed by atoms with Gasteiger partial charge in [0.15, 0.2) is 6.61 Å². The van der Waals surface area contributed by atoms with E-state index >= 15 is 0 Å². The van der Waals surface area contributed by atoms with Crippen molar-refractivity contribution in [1.29, 1.82) is 0 Å². The van der Waals surface area contributed by atoms with Gasteiger partial charge in [-0.25, -0.2) is 0 Å². The van der Waals surface area contributed by atoms with E-state index in [9.17, 15) is 4.79 Å². The van der Waals surface area contributed by atoms with Gasteiger partial charge in [0.2, 0.25) is 0 Å². The Balaban J connectivity index is 1.46. The number of nitrogens with zero attached hydrogens (tertiary/aromatic N) is 1. The second-order valence-electron chi connectivity index (χ2n) is 6.58. The van der Waals surface area contributed by atoms with Crippen molar-refractivity contribution in [2.24, 2.45) is 0 Å². The SMILES string of the molecule is O=C(COc1ccc(-c2ccccc2)cc1Cl)N1CCCc2ccccc21. The first-order chi connectivity index (χ1) is 13.2. The van der Waals surface area contributed by atoms with Crippen LogP contribution in [0.25, 0.3) is 11.1 Å². The van der Waals surface area contributed by atoms with Gasteiger partial charge in [-0.2, -0.15) is 0 Å². The number of ether oxygens (including phenoxy) is 1. The lowest BCUT2D eigenvalue weighted by atomic mass is 10.0. The van der Waals surface area contributed by atoms with E-state index in [-0.39, 0.29) is 12.5 Å². The molecule has 27 heavy (non-hydrogen) atoms. The van der Waals surface area contributed by atoms with Crippen molar-refractivity contribution < 1.29 is 9.53 Å². The van der Waals surface area contributed by atoms with Crippen molar-refractivity contribution >= 4 is 23.2 Å². The molecule has 1 heterocycles. The van der Waals surface area contributed by atoms with Gasteiger partial charge in [0, 0.05) is 12.2 Å². The fourth-order valence-corrected chi connectivity index (χ4v) is 3.67. The van der Waals surface area contributed by atoms with Crippen LogP contribution in [0.3, 0.4) is 0 Å². The highest BCUT2D eigenvalue weighted by Crippen LogP contribution is 2.31. The van der Waals surface area contributed by atoms with E-state index in [2.05, 4.69) is 6.07 Å². The molecule has 0 aliphatic carbocycles. The van der Waals surface area contributed by atoms with E-state index in [0.29, 0.717) is 10.8 Å². The van der Waals surface area contributed by atoms with E-state index < -0.39 is 0 Å². The quantitative estimate of drug-likeness (QED) is 0.612. The lowest BCUT2D eigenvalue weighted by molar-refractivity contribution is -0.120. The van der Waals surface area contributed by atoms with E-state index in [0.717, 1.165) is 36.2 Å². The molecule has 3 nitrogen and oxygen atoms in total. The van der Waals surface area contributed by atoms with Gasteiger partial charge < -0.3 is 9.64 Å². The van der Waals surface area contributed by atoms with Crippen LogP contribution < -0.4 is 9.64 Å². The minimum Gasteiger partial charge on any atom is -0.482 e. The van der Waals surface area contributed by atoms with Crippen LogP contribution in [0.15, 0.2) is 72.8 Å². The van der Waals surface area contributed by atoms with Crippen LogP contribution in [-0.4, -0.2) is 19.1 Å². The molecule has 0 atom stereocenters. The Morgan fingerprint density at radius 2 is 1.74 bits per heavy atom. The predicted molar refractivity (Wildman–Crippen MR) is 109 cm³/mol. The summed E-state index contributed by atoms with van der Waals surface area (Å²) in [6, 6.07) is 23.7. The zero-order valence-corrected chi connectivity index (χ0v) is 15.7. The summed E-state index contributed by atoms with van der Waals surface area (Å²) in [6.07, 6.45) is 1.98. The fourth-order valence-electron chi connectivity index (χ4n) is 3.44. The highest BCUT2D eigenvalue weighted by Gasteiger charge is 2.22. The maximum atomic E-state index is 12.7. The molecule has 0 saturated carbocycles. The largest absolute Gasteiger partial charge is 0.482 e. The molecule has 4 rings (SSSR count). The number of fused-ring (bicyclic) bond motifs is 1. The van der Waals surface area contributed by atoms with Crippen molar-refractivity contribution in [2.75, 3.05) is 18.1 Å². The van der Waals surface area contributed by atoms with Crippen LogP contribution in [-0.2, 0) is 11.2 Å². The fraction of sp³-hybridized carbons (Fsp3) is 0.174. The number of anilines is 1. The number of halogens is 1. The number of hydrogen-bond acceptors (Lipinski definition) is 2. The molecule has 0 aromatic heterocycles. The van der Waals surface area contributed by atoms with Crippen molar-refractivity contribution in [3.05, 3.63) is 83.4 Å². The first-order valence-corrected chi connectivity index (χ1v) is 9.46. The second kappa shape index (κ2) is 7.85. The van der Waals surface area contributed by atoms with Crippen molar-refractivity contribution in [1.82, 2.24) is 0 Å². The van der Waals surface area contributed by atoms with Crippen LogP contribution in [0.2, 0.25) is 5.02 Å². The summed E-state index contributed by atoms with van der Waals surface area (Å²) in [5, 5.41) is 0.503. The number of carbonyl (C=O) groups excluding carboxylic acids is 1. The normalized spacial score (nSPS) is 13.1. The molecule has 4 heteroatoms. The summed E-state index contributed by atoms with van der Waals surface area (Å²) in [7, 11) is 0. The van der Waals surface area contributed by atoms with Crippen molar-refractivity contribution in [2.45, 2.75) is 12.8 Å². The van der Waals surface area contributed by atoms with Crippen molar-refractivity contribution in [3.63, 3.8) is 0 Å². The molecule has 1 aliphatic heterocycles. The molecule has 0 radical (unpaired) electrons. The number of rotatable bonds is 4. The smallest absolute Gasteiger partial charge is 0.264 e. The minimum absolute atomic E-state index is 0.0290. The minimum atomic E-state index is -0.0506. The summed E-state index contributed by atoms with van der Waals surface area (Å²) < 4.78 is 5.73. The van der Waals surface area contributed by atoms with Crippen LogP contribution >= 0.6 is 11.6 Å². The Morgan fingerprint density at radius 1 is 0.963 bits per heavy atom. The lowest BCUT2D eigenvalue weighted by Crippen LogP contribution is -2.38. The van der Waals surface area contributed by atoms with Gasteiger partial charge >= 0.3 is 0 Å². The number of aryl methyl sites for hydroxylation is 1. The molecule has 1 amide bonds. The van der Waals surface area contributed by atoms with Crippen LogP contribution in [0.1, 0.15) is 12.0 Å². The van der Waals surface area contributed by atoms with Gasteiger partial charge in [-0.05, 0) is 47.7 Å². The number of benzene rings is 3. The van der Waals surface area contributed by atoms with E-state index in [1.165, 1.54) is 5.56 Å². The first kappa shape index (κ1) is 17.6. The van der Waals surface area contributed by atoms with E-state index in [4.69, 9.17) is 16.3 Å². The van der Waals surface area contributed by atoms with Gasteiger partial charge in [0.25, 0.3) is 5.91 Å². The van der Waals surface area contributed by atoms with Gasteiger partial charge in [-0.3, -0.25) is 4.79 Å². The Hall–Kier alpha value is -2.78. The molecule has 0 saturated heterocycles. The van der Waals surface area contributed by atoms with Crippen LogP contribution in [0.5, 0.6) is 5.75 Å². The molecule has 3 aromatic rings. The molecular weight excluding hydrogens is 358 g/mol. The average Bonchev–Trinajstić information content (AvgIpc) is 2.73. The second-order valence-corrected chi connectivity index (χ2v) is 6.98. The highest BCUT2D eigenvalue weighted by molar-refractivity contribution is 6.32. The van der Waals surface area contributed by atoms with Crippen molar-refractivity contribution in [3.8, 4) is 16.9 Å². The van der Waals surface area contributed by atoms with Gasteiger partial charge in [0.1, 0.15) is 5.75 Å². The first-order valence-electron chi connectivity index (χ1n) is 9.08. The molecule has 0 fully saturated rings. The predicted octanol–water partition coefficient (Wildman–Crippen LogP) is 5.37. The van der Waals surface area contributed by atoms with Crippen LogP contribution in [0.4, 0.5) is 5.69 Å². The Morgan fingerprint density at radius 3 is 2.56 bits per heavy atom. The van der Waals surface area contributed by atoms with E-state index in [1.54, 1.807) is 0 Å². The van der Waals surface area contributed by atoms with E-state index in [1.807, 2.05) is 71.6 Å². The molecule has 0 N–H and O–H groups in total. The molecule has 1 aliphatic rings. The molecule has 3 aromatic carbocycles. The topological polar surface area (TPSA) is 29.5 Å². The zero-order chi connectivity index (χ0) is 18.6. The summed E-state index contributed by atoms with van der Waals surface area (Å²) in [6.45, 7) is 0.693. The average molecular weight is 378 g/mol. The third-order valence-electron chi connectivity index (χ3n) is 4.80. The third kappa shape index (κ3) is 3.83. The Kier molecular flexibility index (Phi) is 5.12. The van der Waals surface area contributed by atoms with Gasteiger partial charge in [0.05, 0.1) is 5.02 Å². The molecule has 0 bridgehead atoms. The number of hydrogen-bond donors (Lipinski definition) is 0. The van der Waals surface area contributed by atoms with Gasteiger partial charge in [-0.15, -0.1) is 0 Å². The van der Waals surface area contributed by atoms with Gasteiger partial charge in [-0.1, -0.05) is 66.2 Å². The van der Waals surface area contributed by atoms with Crippen LogP contribution in [0, 0.1) is 0 Å².